The van der Waals surface area contributed by atoms with Crippen LogP contribution in [0.25, 0.3) is 6.08 Å². The lowest BCUT2D eigenvalue weighted by Crippen LogP contribution is -2.38. The van der Waals surface area contributed by atoms with Crippen LogP contribution < -0.4 is 15.0 Å². The monoisotopic (exact) mass is 515 g/mol. The first-order valence-corrected chi connectivity index (χ1v) is 12.7. The minimum absolute atomic E-state index is 0.253. The van der Waals surface area contributed by atoms with Gasteiger partial charge in [-0.1, -0.05) is 42.5 Å². The number of imide groups is 1. The number of anilines is 2. The summed E-state index contributed by atoms with van der Waals surface area (Å²) in [7, 11) is 0. The van der Waals surface area contributed by atoms with E-state index in [1.54, 1.807) is 18.2 Å². The molecule has 0 saturated carbocycles. The highest BCUT2D eigenvalue weighted by molar-refractivity contribution is 8.18. The second kappa shape index (κ2) is 11.3. The Hall–Kier alpha value is -4.08. The Morgan fingerprint density at radius 3 is 2.49 bits per heavy atom. The van der Waals surface area contributed by atoms with Gasteiger partial charge >= 0.3 is 0 Å². The van der Waals surface area contributed by atoms with Crippen LogP contribution in [0, 0.1) is 0 Å². The minimum atomic E-state index is -0.499. The molecule has 0 aliphatic carbocycles. The van der Waals surface area contributed by atoms with E-state index in [1.165, 1.54) is 0 Å². The van der Waals surface area contributed by atoms with Crippen molar-refractivity contribution < 1.29 is 23.9 Å². The topological polar surface area (TPSA) is 88.2 Å². The number of amides is 3. The molecule has 37 heavy (non-hydrogen) atoms. The van der Waals surface area contributed by atoms with Crippen LogP contribution >= 0.6 is 11.8 Å². The zero-order valence-corrected chi connectivity index (χ0v) is 20.8. The Labute approximate surface area is 218 Å². The third-order valence-electron chi connectivity index (χ3n) is 5.84. The highest BCUT2D eigenvalue weighted by Crippen LogP contribution is 2.33. The number of nitrogens with one attached hydrogen (secondary N) is 1. The third kappa shape index (κ3) is 6.02. The van der Waals surface area contributed by atoms with Gasteiger partial charge in [0.15, 0.2) is 0 Å². The van der Waals surface area contributed by atoms with Gasteiger partial charge in [-0.05, 0) is 59.8 Å². The summed E-state index contributed by atoms with van der Waals surface area (Å²) in [5.41, 5.74) is 2.22. The van der Waals surface area contributed by atoms with Crippen molar-refractivity contribution in [3.8, 4) is 11.5 Å². The predicted molar refractivity (Wildman–Crippen MR) is 144 cm³/mol. The van der Waals surface area contributed by atoms with Crippen molar-refractivity contribution in [1.29, 1.82) is 0 Å². The predicted octanol–water partition coefficient (Wildman–Crippen LogP) is 4.99. The van der Waals surface area contributed by atoms with E-state index >= 15 is 0 Å². The number of para-hydroxylation sites is 3. The molecular formula is C28H25N3O5S. The smallest absolute Gasteiger partial charge is 0.294 e. The fourth-order valence-electron chi connectivity index (χ4n) is 4.07. The Bertz CT molecular complexity index is 1340. The maximum atomic E-state index is 13.0. The second-order valence-corrected chi connectivity index (χ2v) is 9.41. The van der Waals surface area contributed by atoms with E-state index in [0.29, 0.717) is 36.0 Å². The second-order valence-electron chi connectivity index (χ2n) is 8.42. The van der Waals surface area contributed by atoms with Crippen LogP contribution in [-0.2, 0) is 14.3 Å². The molecule has 3 aromatic rings. The average molecular weight is 516 g/mol. The Morgan fingerprint density at radius 1 is 0.946 bits per heavy atom. The van der Waals surface area contributed by atoms with Gasteiger partial charge in [-0.3, -0.25) is 19.3 Å². The Morgan fingerprint density at radius 2 is 1.68 bits per heavy atom. The van der Waals surface area contributed by atoms with Gasteiger partial charge in [0, 0.05) is 13.1 Å². The summed E-state index contributed by atoms with van der Waals surface area (Å²) >= 11 is 0.816. The van der Waals surface area contributed by atoms with Gasteiger partial charge in [0.25, 0.3) is 11.1 Å². The highest BCUT2D eigenvalue weighted by Gasteiger charge is 2.36. The molecule has 0 unspecified atom stereocenters. The molecule has 0 atom stereocenters. The number of morpholine rings is 1. The lowest BCUT2D eigenvalue weighted by molar-refractivity contribution is -0.127. The van der Waals surface area contributed by atoms with Gasteiger partial charge < -0.3 is 19.7 Å². The molecular weight excluding hydrogens is 490 g/mol. The maximum absolute atomic E-state index is 13.0. The summed E-state index contributed by atoms with van der Waals surface area (Å²) < 4.78 is 11.3. The van der Waals surface area contributed by atoms with Crippen molar-refractivity contribution in [3.63, 3.8) is 0 Å². The summed E-state index contributed by atoms with van der Waals surface area (Å²) in [6.45, 7) is 2.31. The lowest BCUT2D eigenvalue weighted by Gasteiger charge is -2.30. The molecule has 2 fully saturated rings. The number of nitrogens with zero attached hydrogens (tertiary/aromatic N) is 2. The molecule has 2 heterocycles. The van der Waals surface area contributed by atoms with Crippen molar-refractivity contribution in [2.45, 2.75) is 0 Å². The van der Waals surface area contributed by atoms with Crippen molar-refractivity contribution in [1.82, 2.24) is 4.90 Å². The molecule has 0 radical (unpaired) electrons. The highest BCUT2D eigenvalue weighted by atomic mass is 32.2. The number of benzene rings is 3. The Balaban J connectivity index is 1.25. The third-order valence-corrected chi connectivity index (χ3v) is 6.75. The largest absolute Gasteiger partial charge is 0.457 e. The fourth-order valence-corrected chi connectivity index (χ4v) is 4.91. The molecule has 3 aromatic carbocycles. The van der Waals surface area contributed by atoms with E-state index < -0.39 is 17.1 Å². The summed E-state index contributed by atoms with van der Waals surface area (Å²) in [6, 6.07) is 24.1. The summed E-state index contributed by atoms with van der Waals surface area (Å²) in [6.07, 6.45) is 1.63. The molecule has 9 heteroatoms. The Kier molecular flexibility index (Phi) is 7.53. The average Bonchev–Trinajstić information content (AvgIpc) is 3.17. The number of carbonyl (C=O) groups is 3. The first kappa shape index (κ1) is 24.6. The molecule has 0 aromatic heterocycles. The molecule has 0 spiro atoms. The lowest BCUT2D eigenvalue weighted by atomic mass is 10.2. The first-order chi connectivity index (χ1) is 18.1. The quantitative estimate of drug-likeness (QED) is 0.444. The standard InChI is InChI=1S/C28H25N3O5S/c32-26(29-23-11-4-5-12-24(23)30-13-15-35-16-14-30)19-31-27(33)25(37-28(31)34)18-20-7-6-10-22(17-20)36-21-8-2-1-3-9-21/h1-12,17-18H,13-16,19H2,(H,29,32)/b25-18+. The van der Waals surface area contributed by atoms with E-state index in [2.05, 4.69) is 10.2 Å². The normalized spacial score (nSPS) is 16.8. The first-order valence-electron chi connectivity index (χ1n) is 11.9. The minimum Gasteiger partial charge on any atom is -0.457 e. The fraction of sp³-hybridized carbons (Fsp3) is 0.179. The van der Waals surface area contributed by atoms with E-state index in [0.717, 1.165) is 35.4 Å². The molecule has 5 rings (SSSR count). The van der Waals surface area contributed by atoms with Crippen molar-refractivity contribution in [2.75, 3.05) is 43.1 Å². The van der Waals surface area contributed by atoms with E-state index in [9.17, 15) is 14.4 Å². The zero-order valence-electron chi connectivity index (χ0n) is 20.0. The van der Waals surface area contributed by atoms with Gasteiger partial charge in [0.2, 0.25) is 5.91 Å². The van der Waals surface area contributed by atoms with Gasteiger partial charge in [-0.15, -0.1) is 0 Å². The zero-order chi connectivity index (χ0) is 25.6. The number of thioether (sulfide) groups is 1. The molecule has 1 N–H and O–H groups in total. The van der Waals surface area contributed by atoms with Gasteiger partial charge in [0.05, 0.1) is 29.5 Å². The van der Waals surface area contributed by atoms with Gasteiger partial charge in [-0.2, -0.15) is 0 Å². The maximum Gasteiger partial charge on any atom is 0.294 e. The van der Waals surface area contributed by atoms with Crippen LogP contribution in [0.2, 0.25) is 0 Å². The van der Waals surface area contributed by atoms with Crippen LogP contribution in [0.15, 0.2) is 83.8 Å². The molecule has 3 amide bonds. The molecule has 2 aliphatic rings. The van der Waals surface area contributed by atoms with E-state index in [-0.39, 0.29) is 11.4 Å². The van der Waals surface area contributed by atoms with Crippen molar-refractivity contribution >= 4 is 46.3 Å². The van der Waals surface area contributed by atoms with Crippen molar-refractivity contribution in [3.05, 3.63) is 89.3 Å². The molecule has 8 nitrogen and oxygen atoms in total. The molecule has 2 aliphatic heterocycles. The van der Waals surface area contributed by atoms with Crippen LogP contribution in [0.5, 0.6) is 11.5 Å². The summed E-state index contributed by atoms with van der Waals surface area (Å²) in [5, 5.41) is 2.38. The number of carbonyl (C=O) groups excluding carboxylic acids is 3. The van der Waals surface area contributed by atoms with Gasteiger partial charge in [-0.25, -0.2) is 0 Å². The SMILES string of the molecule is O=C(CN1C(=O)S/C(=C/c2cccc(Oc3ccccc3)c2)C1=O)Nc1ccccc1N1CCOCC1. The van der Waals surface area contributed by atoms with Crippen LogP contribution in [0.4, 0.5) is 16.2 Å². The van der Waals surface area contributed by atoms with E-state index in [1.807, 2.05) is 66.7 Å². The molecule has 188 valence electrons. The van der Waals surface area contributed by atoms with E-state index in [4.69, 9.17) is 9.47 Å². The molecule has 2 saturated heterocycles. The number of hydrogen-bond donors (Lipinski definition) is 1. The van der Waals surface area contributed by atoms with Crippen LogP contribution in [-0.4, -0.2) is 54.8 Å². The molecule has 0 bridgehead atoms. The number of rotatable bonds is 7. The summed E-state index contributed by atoms with van der Waals surface area (Å²) in [5.74, 6) is 0.363. The van der Waals surface area contributed by atoms with Crippen LogP contribution in [0.3, 0.4) is 0 Å². The van der Waals surface area contributed by atoms with Crippen molar-refractivity contribution in [2.24, 2.45) is 0 Å². The summed E-state index contributed by atoms with van der Waals surface area (Å²) in [4.78, 5) is 41.8. The number of ether oxygens (including phenoxy) is 2. The number of hydrogen-bond acceptors (Lipinski definition) is 7. The van der Waals surface area contributed by atoms with Crippen LogP contribution in [0.1, 0.15) is 5.56 Å². The van der Waals surface area contributed by atoms with Gasteiger partial charge in [0.1, 0.15) is 18.0 Å².